The lowest BCUT2D eigenvalue weighted by Crippen LogP contribution is -2.58. The monoisotopic (exact) mass is 499 g/mol. The van der Waals surface area contributed by atoms with Crippen LogP contribution in [0, 0.1) is 0 Å². The molecule has 1 aromatic carbocycles. The smallest absolute Gasteiger partial charge is 0.338 e. The fourth-order valence-corrected chi connectivity index (χ4v) is 4.74. The maximum absolute atomic E-state index is 13.2. The number of nitrogens with zero attached hydrogens (tertiary/aromatic N) is 3. The largest absolute Gasteiger partial charge is 0.463 e. The van der Waals surface area contributed by atoms with Crippen LogP contribution in [-0.2, 0) is 9.53 Å². The highest BCUT2D eigenvalue weighted by atomic mass is 16.5. The Kier molecular flexibility index (Phi) is 9.00. The van der Waals surface area contributed by atoms with Crippen LogP contribution in [0.5, 0.6) is 0 Å². The summed E-state index contributed by atoms with van der Waals surface area (Å²) in [6, 6.07) is 7.15. The SMILES string of the molecule is CCOC(=O)C1=C(CN2CCN(C(=O)NC(C)C)[C@H](C)C2)N(C)C(=O)N[C@H]1c1ccc(C(C)C)cc1. The van der Waals surface area contributed by atoms with Crippen molar-refractivity contribution in [2.45, 2.75) is 65.6 Å². The first kappa shape index (κ1) is 27.5. The molecule has 0 spiro atoms. The maximum Gasteiger partial charge on any atom is 0.338 e. The summed E-state index contributed by atoms with van der Waals surface area (Å²) in [5.74, 6) is -0.0506. The molecule has 0 bridgehead atoms. The van der Waals surface area contributed by atoms with Gasteiger partial charge in [0.1, 0.15) is 0 Å². The van der Waals surface area contributed by atoms with Gasteiger partial charge in [-0.05, 0) is 44.7 Å². The van der Waals surface area contributed by atoms with E-state index in [9.17, 15) is 14.4 Å². The molecule has 0 aromatic heterocycles. The van der Waals surface area contributed by atoms with E-state index in [2.05, 4.69) is 29.4 Å². The average molecular weight is 500 g/mol. The van der Waals surface area contributed by atoms with Crippen LogP contribution in [0.4, 0.5) is 9.59 Å². The summed E-state index contributed by atoms with van der Waals surface area (Å²) in [5, 5.41) is 5.94. The molecule has 2 heterocycles. The third-order valence-electron chi connectivity index (χ3n) is 6.77. The summed E-state index contributed by atoms with van der Waals surface area (Å²) in [6.07, 6.45) is 0. The zero-order chi connectivity index (χ0) is 26.6. The fraction of sp³-hybridized carbons (Fsp3) is 0.593. The lowest BCUT2D eigenvalue weighted by atomic mass is 9.92. The summed E-state index contributed by atoms with van der Waals surface area (Å²) < 4.78 is 5.45. The lowest BCUT2D eigenvalue weighted by Gasteiger charge is -2.42. The zero-order valence-corrected chi connectivity index (χ0v) is 22.6. The summed E-state index contributed by atoms with van der Waals surface area (Å²) in [6.45, 7) is 14.4. The van der Waals surface area contributed by atoms with Crippen molar-refractivity contribution in [1.82, 2.24) is 25.3 Å². The number of carbonyl (C=O) groups is 3. The van der Waals surface area contributed by atoms with Crippen molar-refractivity contribution in [3.63, 3.8) is 0 Å². The molecule has 0 unspecified atom stereocenters. The summed E-state index contributed by atoms with van der Waals surface area (Å²) >= 11 is 0. The van der Waals surface area contributed by atoms with Gasteiger partial charge in [0.25, 0.3) is 0 Å². The number of ether oxygens (including phenoxy) is 1. The summed E-state index contributed by atoms with van der Waals surface area (Å²) in [5.41, 5.74) is 3.10. The number of carbonyl (C=O) groups excluding carboxylic acids is 3. The van der Waals surface area contributed by atoms with Crippen molar-refractivity contribution < 1.29 is 19.1 Å². The molecule has 0 aliphatic carbocycles. The van der Waals surface area contributed by atoms with E-state index in [0.717, 1.165) is 5.56 Å². The van der Waals surface area contributed by atoms with Gasteiger partial charge in [0.15, 0.2) is 0 Å². The van der Waals surface area contributed by atoms with Crippen LogP contribution in [0.3, 0.4) is 0 Å². The summed E-state index contributed by atoms with van der Waals surface area (Å²) in [7, 11) is 1.68. The second-order valence-electron chi connectivity index (χ2n) is 10.2. The van der Waals surface area contributed by atoms with Gasteiger partial charge >= 0.3 is 18.0 Å². The molecular formula is C27H41N5O4. The molecule has 2 aliphatic rings. The number of urea groups is 2. The molecule has 2 N–H and O–H groups in total. The Balaban J connectivity index is 1.91. The van der Waals surface area contributed by atoms with E-state index in [1.54, 1.807) is 14.0 Å². The number of hydrogen-bond acceptors (Lipinski definition) is 5. The molecule has 2 atom stereocenters. The van der Waals surface area contributed by atoms with Gasteiger partial charge in [-0.2, -0.15) is 0 Å². The number of hydrogen-bond donors (Lipinski definition) is 2. The Morgan fingerprint density at radius 1 is 1.14 bits per heavy atom. The third kappa shape index (κ3) is 6.19. The Hall–Kier alpha value is -3.07. The minimum absolute atomic E-state index is 0.00811. The standard InChI is InChI=1S/C27H41N5O4/c1-8-36-25(33)23-22(16-31-13-14-32(19(6)15-31)27(35)28-18(4)5)30(7)26(34)29-24(23)21-11-9-20(10-12-21)17(2)3/h9-12,17-19,24H,8,13-16H2,1-7H3,(H,28,35)(H,29,34)/t19-,24+/m1/s1. The van der Waals surface area contributed by atoms with Crippen LogP contribution in [0.2, 0.25) is 0 Å². The Labute approximate surface area is 214 Å². The number of nitrogens with one attached hydrogen (secondary N) is 2. The highest BCUT2D eigenvalue weighted by molar-refractivity contribution is 5.95. The third-order valence-corrected chi connectivity index (χ3v) is 6.77. The van der Waals surface area contributed by atoms with E-state index in [-0.39, 0.29) is 30.8 Å². The van der Waals surface area contributed by atoms with Crippen LogP contribution in [0.15, 0.2) is 35.5 Å². The van der Waals surface area contributed by atoms with Crippen LogP contribution < -0.4 is 10.6 Å². The van der Waals surface area contributed by atoms with Gasteiger partial charge in [0, 0.05) is 51.0 Å². The van der Waals surface area contributed by atoms with Crippen molar-refractivity contribution in [2.75, 3.05) is 39.8 Å². The molecule has 9 nitrogen and oxygen atoms in total. The molecule has 2 aliphatic heterocycles. The quantitative estimate of drug-likeness (QED) is 0.561. The van der Waals surface area contributed by atoms with Crippen LogP contribution in [0.1, 0.15) is 64.6 Å². The maximum atomic E-state index is 13.2. The normalized spacial score (nSPS) is 21.2. The predicted octanol–water partition coefficient (Wildman–Crippen LogP) is 3.45. The van der Waals surface area contributed by atoms with Crippen LogP contribution in [0.25, 0.3) is 0 Å². The lowest BCUT2D eigenvalue weighted by molar-refractivity contribution is -0.139. The molecule has 1 saturated heterocycles. The second-order valence-corrected chi connectivity index (χ2v) is 10.2. The van der Waals surface area contributed by atoms with Gasteiger partial charge in [0.2, 0.25) is 0 Å². The number of esters is 1. The number of amides is 4. The first-order valence-corrected chi connectivity index (χ1v) is 12.9. The molecule has 3 rings (SSSR count). The van der Waals surface area contributed by atoms with E-state index in [1.165, 1.54) is 10.5 Å². The molecule has 1 fully saturated rings. The Morgan fingerprint density at radius 2 is 1.81 bits per heavy atom. The Morgan fingerprint density at radius 3 is 2.36 bits per heavy atom. The number of benzene rings is 1. The van der Waals surface area contributed by atoms with Gasteiger partial charge < -0.3 is 20.3 Å². The average Bonchev–Trinajstić information content (AvgIpc) is 2.81. The number of rotatable bonds is 7. The van der Waals surface area contributed by atoms with Crippen molar-refractivity contribution in [1.29, 1.82) is 0 Å². The van der Waals surface area contributed by atoms with Gasteiger partial charge in [0.05, 0.1) is 18.2 Å². The Bertz CT molecular complexity index is 988. The van der Waals surface area contributed by atoms with E-state index in [4.69, 9.17) is 4.74 Å². The first-order chi connectivity index (χ1) is 17.0. The molecular weight excluding hydrogens is 458 g/mol. The second kappa shape index (κ2) is 11.8. The minimum atomic E-state index is -0.598. The van der Waals surface area contributed by atoms with Gasteiger partial charge in [-0.15, -0.1) is 0 Å². The van der Waals surface area contributed by atoms with Gasteiger partial charge in [-0.3, -0.25) is 9.80 Å². The molecule has 198 valence electrons. The first-order valence-electron chi connectivity index (χ1n) is 12.9. The predicted molar refractivity (Wildman–Crippen MR) is 140 cm³/mol. The molecule has 9 heteroatoms. The van der Waals surface area contributed by atoms with Gasteiger partial charge in [-0.1, -0.05) is 38.1 Å². The topological polar surface area (TPSA) is 94.2 Å². The van der Waals surface area contributed by atoms with E-state index < -0.39 is 12.0 Å². The fourth-order valence-electron chi connectivity index (χ4n) is 4.74. The number of piperazine rings is 1. The summed E-state index contributed by atoms with van der Waals surface area (Å²) in [4.78, 5) is 44.3. The van der Waals surface area contributed by atoms with Crippen LogP contribution in [-0.4, -0.2) is 84.6 Å². The molecule has 0 radical (unpaired) electrons. The molecule has 36 heavy (non-hydrogen) atoms. The van der Waals surface area contributed by atoms with Crippen molar-refractivity contribution in [2.24, 2.45) is 0 Å². The van der Waals surface area contributed by atoms with E-state index in [1.807, 2.05) is 49.9 Å². The minimum Gasteiger partial charge on any atom is -0.463 e. The van der Waals surface area contributed by atoms with Crippen LogP contribution >= 0.6 is 0 Å². The molecule has 4 amide bonds. The van der Waals surface area contributed by atoms with E-state index >= 15 is 0 Å². The van der Waals surface area contributed by atoms with Crippen molar-refractivity contribution >= 4 is 18.0 Å². The molecule has 0 saturated carbocycles. The zero-order valence-electron chi connectivity index (χ0n) is 22.6. The van der Waals surface area contributed by atoms with E-state index in [0.29, 0.717) is 43.4 Å². The van der Waals surface area contributed by atoms with Gasteiger partial charge in [-0.25, -0.2) is 14.4 Å². The highest BCUT2D eigenvalue weighted by Gasteiger charge is 2.38. The highest BCUT2D eigenvalue weighted by Crippen LogP contribution is 2.32. The van der Waals surface area contributed by atoms with Crippen molar-refractivity contribution in [3.8, 4) is 0 Å². The van der Waals surface area contributed by atoms with Crippen molar-refractivity contribution in [3.05, 3.63) is 46.7 Å². The molecule has 1 aromatic rings. The number of likely N-dealkylation sites (N-methyl/N-ethyl adjacent to an activating group) is 1.